The van der Waals surface area contributed by atoms with E-state index in [1.54, 1.807) is 47.4 Å². The summed E-state index contributed by atoms with van der Waals surface area (Å²) in [5, 5.41) is 5.76. The van der Waals surface area contributed by atoms with Crippen LogP contribution in [0.25, 0.3) is 32.8 Å². The molecular weight excluding hydrogens is 442 g/mol. The van der Waals surface area contributed by atoms with E-state index in [4.69, 9.17) is 4.42 Å². The van der Waals surface area contributed by atoms with Crippen molar-refractivity contribution in [2.24, 2.45) is 7.05 Å². The largest absolute Gasteiger partial charge is 0.448 e. The first kappa shape index (κ1) is 21.0. The first-order valence-electron chi connectivity index (χ1n) is 10.1. The highest BCUT2D eigenvalue weighted by molar-refractivity contribution is 7.88. The van der Waals surface area contributed by atoms with Gasteiger partial charge in [0.15, 0.2) is 5.43 Å². The Morgan fingerprint density at radius 3 is 2.64 bits per heavy atom. The molecule has 5 aromatic rings. The molecule has 0 spiro atoms. The van der Waals surface area contributed by atoms with E-state index in [-0.39, 0.29) is 23.6 Å². The lowest BCUT2D eigenvalue weighted by molar-refractivity contribution is 0.484. The fourth-order valence-corrected chi connectivity index (χ4v) is 4.71. The van der Waals surface area contributed by atoms with Crippen molar-refractivity contribution in [2.75, 3.05) is 0 Å². The van der Waals surface area contributed by atoms with Crippen LogP contribution in [0.4, 0.5) is 0 Å². The third-order valence-corrected chi connectivity index (χ3v) is 6.57. The molecule has 0 fully saturated rings. The molecule has 2 aromatic carbocycles. The Labute approximate surface area is 188 Å². The number of sulfonamides is 1. The maximum absolute atomic E-state index is 13.4. The number of benzene rings is 1. The lowest BCUT2D eigenvalue weighted by Crippen LogP contribution is -2.24. The smallest absolute Gasteiger partial charge is 0.216 e. The number of oxazole rings is 1. The van der Waals surface area contributed by atoms with E-state index in [0.29, 0.717) is 27.2 Å². The van der Waals surface area contributed by atoms with Crippen LogP contribution < -0.4 is 10.2 Å². The number of aryl methyl sites for hydroxylation is 1. The van der Waals surface area contributed by atoms with Crippen LogP contribution in [0.3, 0.4) is 0 Å². The van der Waals surface area contributed by atoms with E-state index in [9.17, 15) is 13.2 Å². The van der Waals surface area contributed by atoms with Gasteiger partial charge in [-0.25, -0.2) is 18.1 Å². The normalized spacial score (nSPS) is 11.9. The molecule has 0 aliphatic rings. The molecule has 5 rings (SSSR count). The monoisotopic (exact) mass is 461 g/mol. The molecule has 0 bridgehead atoms. The van der Waals surface area contributed by atoms with Crippen molar-refractivity contribution in [3.8, 4) is 11.1 Å². The van der Waals surface area contributed by atoms with Crippen molar-refractivity contribution >= 4 is 31.7 Å². The Hall–Kier alpha value is -3.89. The first-order valence-corrected chi connectivity index (χ1v) is 11.7. The second-order valence-corrected chi connectivity index (χ2v) is 9.46. The van der Waals surface area contributed by atoms with Crippen molar-refractivity contribution in [2.45, 2.75) is 12.3 Å². The summed E-state index contributed by atoms with van der Waals surface area (Å²) in [5.74, 6) is -0.00641. The minimum absolute atomic E-state index is 0.0435. The molecule has 0 atom stereocenters. The second kappa shape index (κ2) is 8.23. The summed E-state index contributed by atoms with van der Waals surface area (Å²) in [5.41, 5.74) is 2.48. The molecule has 9 nitrogen and oxygen atoms in total. The highest BCUT2D eigenvalue weighted by Crippen LogP contribution is 2.22. The van der Waals surface area contributed by atoms with Crippen molar-refractivity contribution in [3.05, 3.63) is 89.1 Å². The molecule has 3 heterocycles. The first-order chi connectivity index (χ1) is 15.9. The third kappa shape index (κ3) is 4.38. The van der Waals surface area contributed by atoms with Gasteiger partial charge in [0.2, 0.25) is 15.9 Å². The van der Waals surface area contributed by atoms with Crippen LogP contribution in [-0.4, -0.2) is 28.2 Å². The van der Waals surface area contributed by atoms with Gasteiger partial charge in [-0.2, -0.15) is 5.10 Å². The van der Waals surface area contributed by atoms with Crippen LogP contribution in [0, 0.1) is 0 Å². The zero-order valence-corrected chi connectivity index (χ0v) is 18.4. The molecule has 33 heavy (non-hydrogen) atoms. The number of aromatic nitrogens is 4. The zero-order valence-electron chi connectivity index (χ0n) is 17.6. The van der Waals surface area contributed by atoms with Gasteiger partial charge in [-0.3, -0.25) is 14.5 Å². The number of hydrogen-bond acceptors (Lipinski definition) is 7. The third-order valence-electron chi connectivity index (χ3n) is 5.27. The summed E-state index contributed by atoms with van der Waals surface area (Å²) < 4.78 is 34.2. The van der Waals surface area contributed by atoms with Crippen LogP contribution in [0.5, 0.6) is 0 Å². The quantitative estimate of drug-likeness (QED) is 0.413. The van der Waals surface area contributed by atoms with Gasteiger partial charge in [0, 0.05) is 41.3 Å². The van der Waals surface area contributed by atoms with Crippen LogP contribution in [-0.2, 0) is 29.4 Å². The Morgan fingerprint density at radius 1 is 1.03 bits per heavy atom. The molecule has 0 aliphatic carbocycles. The van der Waals surface area contributed by atoms with Gasteiger partial charge in [0.05, 0.1) is 30.2 Å². The van der Waals surface area contributed by atoms with Crippen LogP contribution in [0.1, 0.15) is 11.5 Å². The van der Waals surface area contributed by atoms with Gasteiger partial charge in [-0.1, -0.05) is 18.2 Å². The summed E-state index contributed by atoms with van der Waals surface area (Å²) in [7, 11) is -1.85. The highest BCUT2D eigenvalue weighted by atomic mass is 32.2. The Kier molecular flexibility index (Phi) is 5.23. The lowest BCUT2D eigenvalue weighted by Gasteiger charge is -2.06. The summed E-state index contributed by atoms with van der Waals surface area (Å²) in [6.07, 6.45) is 8.09. The van der Waals surface area contributed by atoms with Crippen molar-refractivity contribution in [1.82, 2.24) is 24.5 Å². The molecule has 0 amide bonds. The molecule has 166 valence electrons. The molecule has 10 heteroatoms. The average Bonchev–Trinajstić information content (AvgIpc) is 3.45. The van der Waals surface area contributed by atoms with Gasteiger partial charge < -0.3 is 4.42 Å². The fourth-order valence-electron chi connectivity index (χ4n) is 3.65. The summed E-state index contributed by atoms with van der Waals surface area (Å²) in [6, 6.07) is 10.5. The topological polar surface area (TPSA) is 120 Å². The summed E-state index contributed by atoms with van der Waals surface area (Å²) in [4.78, 5) is 21.8. The van der Waals surface area contributed by atoms with Gasteiger partial charge in [-0.15, -0.1) is 0 Å². The molecule has 0 saturated heterocycles. The van der Waals surface area contributed by atoms with E-state index >= 15 is 0 Å². The van der Waals surface area contributed by atoms with Gasteiger partial charge in [0.25, 0.3) is 0 Å². The predicted octanol–water partition coefficient (Wildman–Crippen LogP) is 2.76. The summed E-state index contributed by atoms with van der Waals surface area (Å²) in [6.45, 7) is -0.0435. The fraction of sp³-hybridized carbons (Fsp3) is 0.130. The van der Waals surface area contributed by atoms with E-state index in [2.05, 4.69) is 19.8 Å². The molecule has 0 radical (unpaired) electrons. The van der Waals surface area contributed by atoms with Crippen LogP contribution in [0.2, 0.25) is 0 Å². The van der Waals surface area contributed by atoms with E-state index < -0.39 is 10.0 Å². The predicted molar refractivity (Wildman–Crippen MR) is 124 cm³/mol. The van der Waals surface area contributed by atoms with E-state index in [0.717, 1.165) is 11.1 Å². The minimum atomic E-state index is -3.67. The van der Waals surface area contributed by atoms with Crippen molar-refractivity contribution in [1.29, 1.82) is 0 Å². The molecule has 0 aliphatic heterocycles. The van der Waals surface area contributed by atoms with Gasteiger partial charge >= 0.3 is 0 Å². The van der Waals surface area contributed by atoms with E-state index in [1.165, 1.54) is 12.5 Å². The zero-order chi connectivity index (χ0) is 23.0. The molecule has 1 N–H and O–H groups in total. The highest BCUT2D eigenvalue weighted by Gasteiger charge is 2.14. The number of fused-ring (bicyclic) bond motifs is 2. The SMILES string of the molecule is Cn1cc(-c2cnc3ccc4ccc(CS(=O)(=O)NCc5ncco5)cc4c(=O)c3c2)cn1. The molecular formula is C23H19N5O4S. The Balaban J connectivity index is 1.54. The number of hydrogen-bond donors (Lipinski definition) is 1. The maximum atomic E-state index is 13.4. The standard InChI is InChI=1S/C23H19N5O4S/c1-28-13-18(11-26-28)17-9-20-21(25-10-17)5-4-16-3-2-15(8-19(16)23(20)29)14-33(30,31)27-12-22-24-6-7-32-22/h2-11,13,27H,12,14H2,1H3. The number of pyridine rings is 1. The van der Waals surface area contributed by atoms with E-state index in [1.807, 2.05) is 19.3 Å². The van der Waals surface area contributed by atoms with Crippen LogP contribution in [0.15, 0.2) is 76.7 Å². The van der Waals surface area contributed by atoms with Crippen LogP contribution >= 0.6 is 0 Å². The maximum Gasteiger partial charge on any atom is 0.216 e. The van der Waals surface area contributed by atoms with Gasteiger partial charge in [0.1, 0.15) is 6.26 Å². The lowest BCUT2D eigenvalue weighted by atomic mass is 10.1. The number of rotatable bonds is 6. The van der Waals surface area contributed by atoms with Crippen molar-refractivity contribution in [3.63, 3.8) is 0 Å². The Bertz CT molecular complexity index is 1640. The van der Waals surface area contributed by atoms with Gasteiger partial charge in [-0.05, 0) is 29.1 Å². The summed E-state index contributed by atoms with van der Waals surface area (Å²) >= 11 is 0. The number of nitrogens with zero attached hydrogens (tertiary/aromatic N) is 4. The molecule has 0 saturated carbocycles. The molecule has 3 aromatic heterocycles. The molecule has 0 unspecified atom stereocenters. The Morgan fingerprint density at radius 2 is 1.88 bits per heavy atom. The van der Waals surface area contributed by atoms with Crippen molar-refractivity contribution < 1.29 is 12.8 Å². The number of nitrogens with one attached hydrogen (secondary N) is 1. The average molecular weight is 462 g/mol. The second-order valence-electron chi connectivity index (χ2n) is 7.65. The minimum Gasteiger partial charge on any atom is -0.448 e.